The minimum Gasteiger partial charge on any atom is -0.380 e. The minimum atomic E-state index is -3.37. The maximum Gasteiger partial charge on any atom is 0.175 e. The number of hydrogen-bond donors (Lipinski definition) is 1. The molecule has 2 aromatic rings. The second-order valence-electron chi connectivity index (χ2n) is 4.48. The van der Waals surface area contributed by atoms with Crippen LogP contribution < -0.4 is 5.32 Å². The Morgan fingerprint density at radius 1 is 1.19 bits per heavy atom. The van der Waals surface area contributed by atoms with Gasteiger partial charge in [-0.1, -0.05) is 23.7 Å². The molecule has 112 valence electrons. The second kappa shape index (κ2) is 5.99. The predicted octanol–water partition coefficient (Wildman–Crippen LogP) is 3.63. The quantitative estimate of drug-likeness (QED) is 0.930. The summed E-state index contributed by atoms with van der Waals surface area (Å²) in [7, 11) is -3.37. The van der Waals surface area contributed by atoms with E-state index in [0.717, 1.165) is 12.3 Å². The zero-order chi connectivity index (χ0) is 15.6. The van der Waals surface area contributed by atoms with E-state index >= 15 is 0 Å². The van der Waals surface area contributed by atoms with Gasteiger partial charge < -0.3 is 5.32 Å². The first kappa shape index (κ1) is 15.7. The molecular weight excluding hydrogens is 320 g/mol. The molecule has 0 radical (unpaired) electrons. The van der Waals surface area contributed by atoms with E-state index in [2.05, 4.69) is 5.32 Å². The van der Waals surface area contributed by atoms with Crippen LogP contribution in [-0.2, 0) is 16.4 Å². The van der Waals surface area contributed by atoms with Crippen LogP contribution in [-0.4, -0.2) is 14.7 Å². The fraction of sp³-hybridized carbons (Fsp3) is 0.143. The molecule has 0 amide bonds. The molecule has 0 aliphatic carbocycles. The van der Waals surface area contributed by atoms with Crippen LogP contribution in [0.25, 0.3) is 0 Å². The molecule has 0 saturated carbocycles. The summed E-state index contributed by atoms with van der Waals surface area (Å²) < 4.78 is 49.6. The molecular formula is C14H12ClF2NO2S. The molecule has 0 unspecified atom stereocenters. The highest BCUT2D eigenvalue weighted by Gasteiger charge is 2.11. The number of nitrogens with one attached hydrogen (secondary N) is 1. The lowest BCUT2D eigenvalue weighted by molar-refractivity contribution is 0.500. The van der Waals surface area contributed by atoms with E-state index in [9.17, 15) is 17.2 Å². The van der Waals surface area contributed by atoms with Crippen molar-refractivity contribution in [2.24, 2.45) is 0 Å². The normalized spacial score (nSPS) is 11.4. The van der Waals surface area contributed by atoms with Crippen LogP contribution >= 0.6 is 11.6 Å². The summed E-state index contributed by atoms with van der Waals surface area (Å²) in [4.78, 5) is 0.0918. The first-order valence-corrected chi connectivity index (χ1v) is 8.22. The van der Waals surface area contributed by atoms with Gasteiger partial charge in [0, 0.05) is 18.4 Å². The fourth-order valence-corrected chi connectivity index (χ4v) is 2.58. The van der Waals surface area contributed by atoms with Crippen LogP contribution in [0.2, 0.25) is 5.02 Å². The Labute approximate surface area is 126 Å². The number of anilines is 1. The number of sulfone groups is 1. The van der Waals surface area contributed by atoms with E-state index in [1.807, 2.05) is 0 Å². The molecule has 0 aliphatic heterocycles. The third-order valence-corrected chi connectivity index (χ3v) is 4.31. The summed E-state index contributed by atoms with van der Waals surface area (Å²) in [6.45, 7) is -0.0173. The van der Waals surface area contributed by atoms with Crippen molar-refractivity contribution in [1.29, 1.82) is 0 Å². The summed E-state index contributed by atoms with van der Waals surface area (Å²) in [6.07, 6.45) is 1.08. The van der Waals surface area contributed by atoms with Gasteiger partial charge in [0.15, 0.2) is 21.5 Å². The molecule has 0 heterocycles. The van der Waals surface area contributed by atoms with Crippen LogP contribution in [0.3, 0.4) is 0 Å². The summed E-state index contributed by atoms with van der Waals surface area (Å²) in [5, 5.41) is 3.10. The topological polar surface area (TPSA) is 46.2 Å². The molecule has 0 fully saturated rings. The van der Waals surface area contributed by atoms with E-state index in [1.54, 1.807) is 0 Å². The molecule has 3 nitrogen and oxygen atoms in total. The van der Waals surface area contributed by atoms with E-state index in [-0.39, 0.29) is 17.0 Å². The van der Waals surface area contributed by atoms with Gasteiger partial charge in [0.1, 0.15) is 0 Å². The van der Waals surface area contributed by atoms with E-state index in [1.165, 1.54) is 30.3 Å². The van der Waals surface area contributed by atoms with Crippen LogP contribution in [0, 0.1) is 11.6 Å². The van der Waals surface area contributed by atoms with Gasteiger partial charge in [0.05, 0.1) is 15.6 Å². The predicted molar refractivity (Wildman–Crippen MR) is 78.2 cm³/mol. The lowest BCUT2D eigenvalue weighted by Crippen LogP contribution is -2.05. The second-order valence-corrected chi connectivity index (χ2v) is 6.90. The van der Waals surface area contributed by atoms with Crippen molar-refractivity contribution in [1.82, 2.24) is 0 Å². The SMILES string of the molecule is CS(=O)(=O)c1ccc(Cl)c(NCc2cccc(F)c2F)c1. The molecule has 7 heteroatoms. The number of halogens is 3. The average molecular weight is 332 g/mol. The molecule has 21 heavy (non-hydrogen) atoms. The zero-order valence-electron chi connectivity index (χ0n) is 11.0. The zero-order valence-corrected chi connectivity index (χ0v) is 12.6. The highest BCUT2D eigenvalue weighted by atomic mass is 35.5. The van der Waals surface area contributed by atoms with Gasteiger partial charge in [-0.3, -0.25) is 0 Å². The van der Waals surface area contributed by atoms with Crippen LogP contribution in [0.5, 0.6) is 0 Å². The lowest BCUT2D eigenvalue weighted by atomic mass is 10.2. The third kappa shape index (κ3) is 3.71. The standard InChI is InChI=1S/C14H12ClF2NO2S/c1-21(19,20)10-5-6-11(15)13(7-10)18-8-9-3-2-4-12(16)14(9)17/h2-7,18H,8H2,1H3. The van der Waals surface area contributed by atoms with Crippen molar-refractivity contribution in [3.8, 4) is 0 Å². The highest BCUT2D eigenvalue weighted by Crippen LogP contribution is 2.26. The van der Waals surface area contributed by atoms with E-state index < -0.39 is 21.5 Å². The molecule has 0 saturated heterocycles. The first-order valence-electron chi connectivity index (χ1n) is 5.95. The molecule has 2 aromatic carbocycles. The molecule has 0 aromatic heterocycles. The van der Waals surface area contributed by atoms with Gasteiger partial charge in [-0.05, 0) is 24.3 Å². The highest BCUT2D eigenvalue weighted by molar-refractivity contribution is 7.90. The largest absolute Gasteiger partial charge is 0.380 e. The van der Waals surface area contributed by atoms with Gasteiger partial charge in [-0.15, -0.1) is 0 Å². The first-order chi connectivity index (χ1) is 9.79. The Balaban J connectivity index is 2.26. The Hall–Kier alpha value is -1.66. The van der Waals surface area contributed by atoms with Gasteiger partial charge in [0.25, 0.3) is 0 Å². The Morgan fingerprint density at radius 3 is 2.57 bits per heavy atom. The lowest BCUT2D eigenvalue weighted by Gasteiger charge is -2.11. The molecule has 0 spiro atoms. The van der Waals surface area contributed by atoms with Crippen LogP contribution in [0.1, 0.15) is 5.56 Å². The van der Waals surface area contributed by atoms with Crippen molar-refractivity contribution in [3.63, 3.8) is 0 Å². The van der Waals surface area contributed by atoms with E-state index in [0.29, 0.717) is 10.7 Å². The summed E-state index contributed by atoms with van der Waals surface area (Å²) in [5.74, 6) is -1.88. The number of benzene rings is 2. The maximum atomic E-state index is 13.5. The van der Waals surface area contributed by atoms with Gasteiger partial charge in [0.2, 0.25) is 0 Å². The summed E-state index contributed by atoms with van der Waals surface area (Å²) in [6, 6.07) is 8.02. The van der Waals surface area contributed by atoms with Crippen LogP contribution in [0.15, 0.2) is 41.3 Å². The Bertz CT molecular complexity index is 779. The molecule has 2 rings (SSSR count). The van der Waals surface area contributed by atoms with Crippen molar-refractivity contribution in [2.75, 3.05) is 11.6 Å². The summed E-state index contributed by atoms with van der Waals surface area (Å²) >= 11 is 5.96. The average Bonchev–Trinajstić information content (AvgIpc) is 2.40. The number of rotatable bonds is 4. The fourth-order valence-electron chi connectivity index (χ4n) is 1.75. The van der Waals surface area contributed by atoms with Crippen LogP contribution in [0.4, 0.5) is 14.5 Å². The number of hydrogen-bond acceptors (Lipinski definition) is 3. The Kier molecular flexibility index (Phi) is 4.49. The molecule has 0 aliphatic rings. The van der Waals surface area contributed by atoms with Gasteiger partial charge in [-0.25, -0.2) is 17.2 Å². The van der Waals surface area contributed by atoms with Crippen molar-refractivity contribution >= 4 is 27.1 Å². The minimum absolute atomic E-state index is 0.0173. The molecule has 0 atom stereocenters. The van der Waals surface area contributed by atoms with Crippen molar-refractivity contribution < 1.29 is 17.2 Å². The van der Waals surface area contributed by atoms with Gasteiger partial charge >= 0.3 is 0 Å². The third-order valence-electron chi connectivity index (χ3n) is 2.87. The van der Waals surface area contributed by atoms with Gasteiger partial charge in [-0.2, -0.15) is 0 Å². The Morgan fingerprint density at radius 2 is 1.90 bits per heavy atom. The van der Waals surface area contributed by atoms with Crippen molar-refractivity contribution in [2.45, 2.75) is 11.4 Å². The smallest absolute Gasteiger partial charge is 0.175 e. The molecule has 0 bridgehead atoms. The summed E-state index contributed by atoms with van der Waals surface area (Å²) in [5.41, 5.74) is 0.457. The molecule has 1 N–H and O–H groups in total. The van der Waals surface area contributed by atoms with Crippen molar-refractivity contribution in [3.05, 3.63) is 58.6 Å². The maximum absolute atomic E-state index is 13.5. The monoisotopic (exact) mass is 331 g/mol. The van der Waals surface area contributed by atoms with E-state index in [4.69, 9.17) is 11.6 Å².